The minimum absolute atomic E-state index is 0.132. The van der Waals surface area contributed by atoms with E-state index in [0.717, 1.165) is 0 Å². The third-order valence-corrected chi connectivity index (χ3v) is 3.60. The van der Waals surface area contributed by atoms with Gasteiger partial charge in [0.15, 0.2) is 0 Å². The van der Waals surface area contributed by atoms with Crippen molar-refractivity contribution < 1.29 is 19.5 Å². The van der Waals surface area contributed by atoms with Gasteiger partial charge < -0.3 is 10.0 Å². The predicted molar refractivity (Wildman–Crippen MR) is 85.6 cm³/mol. The maximum Gasteiger partial charge on any atom is 0.323 e. The molecule has 0 radical (unpaired) electrons. The maximum absolute atomic E-state index is 12.4. The van der Waals surface area contributed by atoms with Gasteiger partial charge in [0.25, 0.3) is 5.91 Å². The van der Waals surface area contributed by atoms with Gasteiger partial charge in [0.05, 0.1) is 0 Å². The van der Waals surface area contributed by atoms with Crippen LogP contribution in [0.15, 0.2) is 30.8 Å². The van der Waals surface area contributed by atoms with Crippen LogP contribution in [0, 0.1) is 5.92 Å². The SMILES string of the molecule is C=C1c2ccccc2C(=O)N1CC(=O)N(CC(=O)O)CC(C)C. The highest BCUT2D eigenvalue weighted by Crippen LogP contribution is 2.30. The van der Waals surface area contributed by atoms with Gasteiger partial charge in [0, 0.05) is 23.4 Å². The highest BCUT2D eigenvalue weighted by molar-refractivity contribution is 6.10. The summed E-state index contributed by atoms with van der Waals surface area (Å²) in [4.78, 5) is 38.3. The second-order valence-corrected chi connectivity index (χ2v) is 5.95. The second kappa shape index (κ2) is 6.64. The first-order valence-electron chi connectivity index (χ1n) is 7.41. The summed E-state index contributed by atoms with van der Waals surface area (Å²) in [7, 11) is 0. The summed E-state index contributed by atoms with van der Waals surface area (Å²) in [5.41, 5.74) is 1.69. The van der Waals surface area contributed by atoms with E-state index < -0.39 is 11.9 Å². The lowest BCUT2D eigenvalue weighted by Gasteiger charge is -2.25. The Hall–Kier alpha value is -2.63. The molecule has 122 valence electrons. The van der Waals surface area contributed by atoms with Crippen LogP contribution in [-0.4, -0.2) is 52.3 Å². The van der Waals surface area contributed by atoms with Crippen molar-refractivity contribution in [1.82, 2.24) is 9.80 Å². The van der Waals surface area contributed by atoms with Crippen LogP contribution >= 0.6 is 0 Å². The van der Waals surface area contributed by atoms with Crippen LogP contribution < -0.4 is 0 Å². The summed E-state index contributed by atoms with van der Waals surface area (Å²) < 4.78 is 0. The lowest BCUT2D eigenvalue weighted by molar-refractivity contribution is -0.144. The van der Waals surface area contributed by atoms with Crippen molar-refractivity contribution >= 4 is 23.5 Å². The number of carbonyl (C=O) groups is 3. The van der Waals surface area contributed by atoms with Crippen LogP contribution in [0.5, 0.6) is 0 Å². The van der Waals surface area contributed by atoms with Crippen molar-refractivity contribution in [3.8, 4) is 0 Å². The van der Waals surface area contributed by atoms with E-state index in [-0.39, 0.29) is 24.9 Å². The van der Waals surface area contributed by atoms with Crippen molar-refractivity contribution in [1.29, 1.82) is 0 Å². The van der Waals surface area contributed by atoms with E-state index in [9.17, 15) is 14.4 Å². The topological polar surface area (TPSA) is 77.9 Å². The molecule has 0 saturated carbocycles. The van der Waals surface area contributed by atoms with Gasteiger partial charge in [-0.2, -0.15) is 0 Å². The number of aliphatic carboxylic acids is 1. The zero-order valence-electron chi connectivity index (χ0n) is 13.3. The number of fused-ring (bicyclic) bond motifs is 1. The van der Waals surface area contributed by atoms with E-state index in [1.165, 1.54) is 9.80 Å². The molecule has 0 spiro atoms. The summed E-state index contributed by atoms with van der Waals surface area (Å²) in [6.45, 7) is 7.43. The predicted octanol–water partition coefficient (Wildman–Crippen LogP) is 1.68. The third kappa shape index (κ3) is 3.59. The zero-order valence-corrected chi connectivity index (χ0v) is 13.3. The number of carboxylic acids is 1. The third-order valence-electron chi connectivity index (χ3n) is 3.60. The van der Waals surface area contributed by atoms with Gasteiger partial charge in [-0.25, -0.2) is 0 Å². The number of amides is 2. The number of rotatable bonds is 6. The van der Waals surface area contributed by atoms with Gasteiger partial charge in [0.2, 0.25) is 5.91 Å². The van der Waals surface area contributed by atoms with Crippen LogP contribution in [0.3, 0.4) is 0 Å². The molecule has 1 aromatic carbocycles. The standard InChI is InChI=1S/C17H20N2O4/c1-11(2)8-18(10-16(21)22)15(20)9-19-12(3)13-6-4-5-7-14(13)17(19)23/h4-7,11H,3,8-10H2,1-2H3,(H,21,22). The van der Waals surface area contributed by atoms with E-state index >= 15 is 0 Å². The minimum Gasteiger partial charge on any atom is -0.480 e. The highest BCUT2D eigenvalue weighted by atomic mass is 16.4. The minimum atomic E-state index is -1.08. The molecule has 0 fully saturated rings. The lowest BCUT2D eigenvalue weighted by Crippen LogP contribution is -2.44. The molecule has 0 unspecified atom stereocenters. The fourth-order valence-electron chi connectivity index (χ4n) is 2.60. The van der Waals surface area contributed by atoms with Crippen molar-refractivity contribution in [3.05, 3.63) is 42.0 Å². The van der Waals surface area contributed by atoms with Gasteiger partial charge in [-0.05, 0) is 12.0 Å². The van der Waals surface area contributed by atoms with Crippen LogP contribution in [0.1, 0.15) is 29.8 Å². The molecule has 0 bridgehead atoms. The molecule has 1 aliphatic heterocycles. The number of benzene rings is 1. The monoisotopic (exact) mass is 316 g/mol. The van der Waals surface area contributed by atoms with Gasteiger partial charge in [-0.15, -0.1) is 0 Å². The highest BCUT2D eigenvalue weighted by Gasteiger charge is 2.33. The van der Waals surface area contributed by atoms with E-state index in [4.69, 9.17) is 5.11 Å². The Bertz CT molecular complexity index is 631. The Balaban J connectivity index is 2.14. The van der Waals surface area contributed by atoms with Crippen molar-refractivity contribution in [3.63, 3.8) is 0 Å². The molecule has 0 saturated heterocycles. The zero-order chi connectivity index (χ0) is 17.1. The fourth-order valence-corrected chi connectivity index (χ4v) is 2.60. The Kier molecular flexibility index (Phi) is 4.83. The average Bonchev–Trinajstić information content (AvgIpc) is 2.71. The van der Waals surface area contributed by atoms with E-state index in [0.29, 0.717) is 23.4 Å². The van der Waals surface area contributed by atoms with Crippen molar-refractivity contribution in [2.24, 2.45) is 5.92 Å². The lowest BCUT2D eigenvalue weighted by atomic mass is 10.1. The van der Waals surface area contributed by atoms with Crippen molar-refractivity contribution in [2.75, 3.05) is 19.6 Å². The fraction of sp³-hybridized carbons (Fsp3) is 0.353. The molecule has 0 atom stereocenters. The van der Waals surface area contributed by atoms with Crippen LogP contribution in [-0.2, 0) is 9.59 Å². The van der Waals surface area contributed by atoms with Crippen LogP contribution in [0.4, 0.5) is 0 Å². The molecule has 6 nitrogen and oxygen atoms in total. The number of nitrogens with zero attached hydrogens (tertiary/aromatic N) is 2. The summed E-state index contributed by atoms with van der Waals surface area (Å²) in [6, 6.07) is 7.03. The molecule has 1 aliphatic rings. The summed E-state index contributed by atoms with van der Waals surface area (Å²) in [6.07, 6.45) is 0. The number of hydrogen-bond acceptors (Lipinski definition) is 3. The molecule has 2 amide bonds. The molecule has 0 aromatic heterocycles. The van der Waals surface area contributed by atoms with Gasteiger partial charge in [0.1, 0.15) is 13.1 Å². The van der Waals surface area contributed by atoms with Gasteiger partial charge in [-0.1, -0.05) is 38.6 Å². The molecule has 0 aliphatic carbocycles. The normalized spacial score (nSPS) is 13.4. The quantitative estimate of drug-likeness (QED) is 0.866. The van der Waals surface area contributed by atoms with E-state index in [1.807, 2.05) is 13.8 Å². The number of carboxylic acid groups (broad SMARTS) is 1. The van der Waals surface area contributed by atoms with E-state index in [2.05, 4.69) is 6.58 Å². The second-order valence-electron chi connectivity index (χ2n) is 5.95. The molecule has 23 heavy (non-hydrogen) atoms. The first-order valence-corrected chi connectivity index (χ1v) is 7.41. The Morgan fingerprint density at radius 3 is 2.39 bits per heavy atom. The Morgan fingerprint density at radius 1 is 1.26 bits per heavy atom. The summed E-state index contributed by atoms with van der Waals surface area (Å²) in [5, 5.41) is 8.96. The largest absolute Gasteiger partial charge is 0.480 e. The van der Waals surface area contributed by atoms with E-state index in [1.54, 1.807) is 24.3 Å². The average molecular weight is 316 g/mol. The molecule has 6 heteroatoms. The molecule has 1 heterocycles. The van der Waals surface area contributed by atoms with Crippen LogP contribution in [0.25, 0.3) is 5.70 Å². The molecule has 1 aromatic rings. The smallest absolute Gasteiger partial charge is 0.323 e. The summed E-state index contributed by atoms with van der Waals surface area (Å²) in [5.74, 6) is -1.62. The van der Waals surface area contributed by atoms with Gasteiger partial charge >= 0.3 is 5.97 Å². The molecule has 1 N–H and O–H groups in total. The Morgan fingerprint density at radius 2 is 1.87 bits per heavy atom. The number of carbonyl (C=O) groups excluding carboxylic acids is 2. The first kappa shape index (κ1) is 16.7. The Labute approximate surface area is 135 Å². The van der Waals surface area contributed by atoms with Crippen molar-refractivity contribution in [2.45, 2.75) is 13.8 Å². The maximum atomic E-state index is 12.4. The van der Waals surface area contributed by atoms with Crippen LogP contribution in [0.2, 0.25) is 0 Å². The molecule has 2 rings (SSSR count). The summed E-state index contributed by atoms with van der Waals surface area (Å²) >= 11 is 0. The molecular formula is C17H20N2O4. The first-order chi connectivity index (χ1) is 10.8. The number of hydrogen-bond donors (Lipinski definition) is 1. The van der Waals surface area contributed by atoms with Gasteiger partial charge in [-0.3, -0.25) is 19.3 Å². The molecular weight excluding hydrogens is 296 g/mol.